The molecule has 0 aliphatic heterocycles. The van der Waals surface area contributed by atoms with Crippen LogP contribution in [0.4, 0.5) is 4.39 Å². The van der Waals surface area contributed by atoms with Crippen molar-refractivity contribution in [3.8, 4) is 0 Å². The first-order chi connectivity index (χ1) is 10.0. The molecule has 0 atom stereocenters. The number of amides is 1. The van der Waals surface area contributed by atoms with Gasteiger partial charge in [-0.3, -0.25) is 14.3 Å². The van der Waals surface area contributed by atoms with Crippen LogP contribution >= 0.6 is 11.6 Å². The maximum absolute atomic E-state index is 14.1. The second kappa shape index (κ2) is 5.17. The molecule has 21 heavy (non-hydrogen) atoms. The summed E-state index contributed by atoms with van der Waals surface area (Å²) in [5, 5.41) is 9.68. The Morgan fingerprint density at radius 2 is 2.33 bits per heavy atom. The summed E-state index contributed by atoms with van der Waals surface area (Å²) < 4.78 is 15.3. The summed E-state index contributed by atoms with van der Waals surface area (Å²) in [6, 6.07) is 4.91. The lowest BCUT2D eigenvalue weighted by molar-refractivity contribution is 0.0941. The summed E-state index contributed by atoms with van der Waals surface area (Å²) in [4.78, 5) is 16.0. The summed E-state index contributed by atoms with van der Waals surface area (Å²) in [6.07, 6.45) is 1.37. The third-order valence-electron chi connectivity index (χ3n) is 2.93. The van der Waals surface area contributed by atoms with Gasteiger partial charge in [0.1, 0.15) is 5.65 Å². The highest BCUT2D eigenvalue weighted by molar-refractivity contribution is 6.30. The first-order valence-electron chi connectivity index (χ1n) is 6.17. The highest BCUT2D eigenvalue weighted by Gasteiger charge is 2.19. The Morgan fingerprint density at radius 1 is 1.52 bits per heavy atom. The van der Waals surface area contributed by atoms with Crippen LogP contribution in [0.1, 0.15) is 21.9 Å². The van der Waals surface area contributed by atoms with Gasteiger partial charge in [-0.05, 0) is 25.1 Å². The number of nitrogens with one attached hydrogen (secondary N) is 2. The molecule has 0 spiro atoms. The zero-order valence-corrected chi connectivity index (χ0v) is 11.8. The Balaban J connectivity index is 1.82. The quantitative estimate of drug-likeness (QED) is 0.778. The molecule has 2 N–H and O–H groups in total. The summed E-state index contributed by atoms with van der Waals surface area (Å²) >= 11 is 5.80. The number of hydrogen-bond donors (Lipinski definition) is 2. The molecule has 0 aliphatic carbocycles. The summed E-state index contributed by atoms with van der Waals surface area (Å²) in [5.41, 5.74) is 1.59. The number of imidazole rings is 1. The summed E-state index contributed by atoms with van der Waals surface area (Å²) in [6.45, 7) is 2.04. The number of carbonyl (C=O) groups is 1. The number of aromatic amines is 1. The average Bonchev–Trinajstić information content (AvgIpc) is 3.01. The van der Waals surface area contributed by atoms with Crippen LogP contribution in [0.15, 0.2) is 24.4 Å². The lowest BCUT2D eigenvalue weighted by Crippen LogP contribution is -2.24. The van der Waals surface area contributed by atoms with Crippen LogP contribution in [-0.2, 0) is 6.54 Å². The SMILES string of the molecule is Cc1cc(CNC(=O)c2nc3ccc(Cl)cn3c2F)n[nH]1. The highest BCUT2D eigenvalue weighted by Crippen LogP contribution is 2.15. The lowest BCUT2D eigenvalue weighted by Gasteiger charge is -2.00. The number of hydrogen-bond acceptors (Lipinski definition) is 3. The van der Waals surface area contributed by atoms with E-state index in [1.54, 1.807) is 18.2 Å². The third kappa shape index (κ3) is 2.59. The van der Waals surface area contributed by atoms with Gasteiger partial charge in [0.2, 0.25) is 5.95 Å². The van der Waals surface area contributed by atoms with Gasteiger partial charge in [0, 0.05) is 11.9 Å². The van der Waals surface area contributed by atoms with E-state index >= 15 is 0 Å². The molecule has 0 fully saturated rings. The number of rotatable bonds is 3. The zero-order chi connectivity index (χ0) is 15.0. The Bertz CT molecular complexity index is 825. The lowest BCUT2D eigenvalue weighted by atomic mass is 10.3. The Morgan fingerprint density at radius 3 is 3.05 bits per heavy atom. The van der Waals surface area contributed by atoms with Crippen molar-refractivity contribution in [3.63, 3.8) is 0 Å². The number of halogens is 2. The summed E-state index contributed by atoms with van der Waals surface area (Å²) in [7, 11) is 0. The van der Waals surface area contributed by atoms with E-state index in [4.69, 9.17) is 11.6 Å². The van der Waals surface area contributed by atoms with Gasteiger partial charge in [-0.25, -0.2) is 4.98 Å². The Kier molecular flexibility index (Phi) is 3.34. The second-order valence-electron chi connectivity index (χ2n) is 4.55. The van der Waals surface area contributed by atoms with Crippen LogP contribution < -0.4 is 5.32 Å². The van der Waals surface area contributed by atoms with E-state index in [1.165, 1.54) is 6.20 Å². The number of nitrogens with zero attached hydrogens (tertiary/aromatic N) is 3. The van der Waals surface area contributed by atoms with Crippen LogP contribution in [0, 0.1) is 12.9 Å². The van der Waals surface area contributed by atoms with Crippen LogP contribution in [-0.4, -0.2) is 25.5 Å². The number of carbonyl (C=O) groups excluding carboxylic acids is 1. The minimum absolute atomic E-state index is 0.192. The van der Waals surface area contributed by atoms with Gasteiger partial charge >= 0.3 is 0 Å². The van der Waals surface area contributed by atoms with E-state index in [9.17, 15) is 9.18 Å². The predicted molar refractivity (Wildman–Crippen MR) is 74.7 cm³/mol. The van der Waals surface area contributed by atoms with E-state index < -0.39 is 11.9 Å². The second-order valence-corrected chi connectivity index (χ2v) is 4.99. The van der Waals surface area contributed by atoms with E-state index in [0.717, 1.165) is 10.1 Å². The molecule has 3 rings (SSSR count). The Labute approximate surface area is 123 Å². The van der Waals surface area contributed by atoms with Crippen molar-refractivity contribution in [2.24, 2.45) is 0 Å². The molecule has 3 aromatic rings. The molecule has 8 heteroatoms. The molecule has 3 heterocycles. The molecule has 0 unspecified atom stereocenters. The molecule has 0 aliphatic rings. The van der Waals surface area contributed by atoms with Gasteiger partial charge in [-0.1, -0.05) is 11.6 Å². The van der Waals surface area contributed by atoms with Gasteiger partial charge in [0.15, 0.2) is 5.69 Å². The van der Waals surface area contributed by atoms with Gasteiger partial charge in [-0.2, -0.15) is 9.49 Å². The number of H-pyrrole nitrogens is 1. The molecule has 0 saturated heterocycles. The average molecular weight is 308 g/mol. The molecule has 6 nitrogen and oxygen atoms in total. The molecule has 1 amide bonds. The fraction of sp³-hybridized carbons (Fsp3) is 0.154. The first-order valence-corrected chi connectivity index (χ1v) is 6.54. The van der Waals surface area contributed by atoms with E-state index in [2.05, 4.69) is 20.5 Å². The van der Waals surface area contributed by atoms with Crippen molar-refractivity contribution in [3.05, 3.63) is 52.4 Å². The van der Waals surface area contributed by atoms with Crippen molar-refractivity contribution in [1.82, 2.24) is 24.9 Å². The fourth-order valence-electron chi connectivity index (χ4n) is 1.95. The van der Waals surface area contributed by atoms with Crippen LogP contribution in [0.5, 0.6) is 0 Å². The van der Waals surface area contributed by atoms with E-state index in [-0.39, 0.29) is 12.2 Å². The van der Waals surface area contributed by atoms with E-state index in [1.807, 2.05) is 6.92 Å². The van der Waals surface area contributed by atoms with Crippen molar-refractivity contribution in [2.75, 3.05) is 0 Å². The van der Waals surface area contributed by atoms with Crippen LogP contribution in [0.3, 0.4) is 0 Å². The van der Waals surface area contributed by atoms with E-state index in [0.29, 0.717) is 16.4 Å². The predicted octanol–water partition coefficient (Wildman–Crippen LogP) is 2.09. The third-order valence-corrected chi connectivity index (χ3v) is 3.15. The zero-order valence-electron chi connectivity index (χ0n) is 11.0. The minimum atomic E-state index is -0.747. The molecule has 108 valence electrons. The van der Waals surface area contributed by atoms with Crippen molar-refractivity contribution >= 4 is 23.2 Å². The van der Waals surface area contributed by atoms with Crippen LogP contribution in [0.25, 0.3) is 5.65 Å². The van der Waals surface area contributed by atoms with Gasteiger partial charge < -0.3 is 5.32 Å². The van der Waals surface area contributed by atoms with Crippen molar-refractivity contribution in [2.45, 2.75) is 13.5 Å². The maximum Gasteiger partial charge on any atom is 0.275 e. The van der Waals surface area contributed by atoms with Crippen molar-refractivity contribution in [1.29, 1.82) is 0 Å². The smallest absolute Gasteiger partial charge is 0.275 e. The summed E-state index contributed by atoms with van der Waals surface area (Å²) in [5.74, 6) is -1.35. The maximum atomic E-state index is 14.1. The first kappa shape index (κ1) is 13.6. The largest absolute Gasteiger partial charge is 0.345 e. The standard InChI is InChI=1S/C13H11ClFN5O/c1-7-4-9(19-18-7)5-16-13(21)11-12(15)20-6-8(14)2-3-10(20)17-11/h2-4,6H,5H2,1H3,(H,16,21)(H,18,19). The van der Waals surface area contributed by atoms with Gasteiger partial charge in [-0.15, -0.1) is 0 Å². The number of pyridine rings is 1. The van der Waals surface area contributed by atoms with Gasteiger partial charge in [0.05, 0.1) is 17.3 Å². The molecule has 3 aromatic heterocycles. The fourth-order valence-corrected chi connectivity index (χ4v) is 2.11. The number of aryl methyl sites for hydroxylation is 1. The van der Waals surface area contributed by atoms with Crippen LogP contribution in [0.2, 0.25) is 5.02 Å². The minimum Gasteiger partial charge on any atom is -0.345 e. The normalized spacial score (nSPS) is 11.0. The Hall–Kier alpha value is -2.41. The highest BCUT2D eigenvalue weighted by atomic mass is 35.5. The molecule has 0 bridgehead atoms. The molecule has 0 aromatic carbocycles. The monoisotopic (exact) mass is 307 g/mol. The molecular weight excluding hydrogens is 297 g/mol. The topological polar surface area (TPSA) is 75.1 Å². The molecule has 0 radical (unpaired) electrons. The number of fused-ring (bicyclic) bond motifs is 1. The van der Waals surface area contributed by atoms with Gasteiger partial charge in [0.25, 0.3) is 5.91 Å². The number of aromatic nitrogens is 4. The molecular formula is C13H11ClFN5O. The van der Waals surface area contributed by atoms with Crippen molar-refractivity contribution < 1.29 is 9.18 Å². The molecule has 0 saturated carbocycles.